The lowest BCUT2D eigenvalue weighted by Gasteiger charge is -2.31. The zero-order chi connectivity index (χ0) is 19.8. The van der Waals surface area contributed by atoms with Crippen LogP contribution in [-0.4, -0.2) is 78.2 Å². The molecule has 1 fully saturated rings. The number of aliphatic imine (C=N–C) groups is 1. The first kappa shape index (κ1) is 20.4. The molecule has 2 aromatic rings. The first-order valence-electron chi connectivity index (χ1n) is 10.1. The lowest BCUT2D eigenvalue weighted by atomic mass is 10.2. The molecule has 1 aliphatic rings. The average molecular weight is 385 g/mol. The number of imidazole rings is 1. The number of nitrogens with one attached hydrogen (secondary N) is 2. The van der Waals surface area contributed by atoms with Crippen LogP contribution in [0.25, 0.3) is 11.3 Å². The zero-order valence-electron chi connectivity index (χ0n) is 17.2. The lowest BCUT2D eigenvalue weighted by Crippen LogP contribution is -2.44. The number of H-pyrrole nitrogens is 1. The van der Waals surface area contributed by atoms with Gasteiger partial charge in [0.1, 0.15) is 5.82 Å². The molecular weight excluding hydrogens is 352 g/mol. The summed E-state index contributed by atoms with van der Waals surface area (Å²) in [5.41, 5.74) is 2.18. The minimum Gasteiger partial charge on any atom is -0.379 e. The Bertz CT molecular complexity index is 738. The molecule has 0 radical (unpaired) electrons. The molecule has 28 heavy (non-hydrogen) atoms. The van der Waals surface area contributed by atoms with Gasteiger partial charge >= 0.3 is 0 Å². The van der Waals surface area contributed by atoms with Gasteiger partial charge in [0.15, 0.2) is 5.96 Å². The van der Waals surface area contributed by atoms with Gasteiger partial charge < -0.3 is 19.9 Å². The second kappa shape index (κ2) is 10.2. The van der Waals surface area contributed by atoms with E-state index in [4.69, 9.17) is 9.73 Å². The summed E-state index contributed by atoms with van der Waals surface area (Å²) >= 11 is 0. The largest absolute Gasteiger partial charge is 0.379 e. The summed E-state index contributed by atoms with van der Waals surface area (Å²) in [5.74, 6) is 1.83. The van der Waals surface area contributed by atoms with Crippen LogP contribution in [0, 0.1) is 0 Å². The van der Waals surface area contributed by atoms with Crippen molar-refractivity contribution < 1.29 is 4.74 Å². The van der Waals surface area contributed by atoms with E-state index in [-0.39, 0.29) is 0 Å². The smallest absolute Gasteiger partial charge is 0.194 e. The van der Waals surface area contributed by atoms with Crippen molar-refractivity contribution in [3.63, 3.8) is 0 Å². The molecule has 0 bridgehead atoms. The Kier molecular flexibility index (Phi) is 7.45. The topological polar surface area (TPSA) is 68.8 Å². The molecule has 2 heterocycles. The second-order valence-electron chi connectivity index (χ2n) is 7.16. The van der Waals surface area contributed by atoms with Crippen molar-refractivity contribution in [2.45, 2.75) is 26.4 Å². The van der Waals surface area contributed by atoms with E-state index in [9.17, 15) is 0 Å². The molecule has 1 unspecified atom stereocenters. The van der Waals surface area contributed by atoms with E-state index in [1.165, 1.54) is 0 Å². The second-order valence-corrected chi connectivity index (χ2v) is 7.16. The van der Waals surface area contributed by atoms with Crippen molar-refractivity contribution >= 4 is 5.96 Å². The first-order valence-corrected chi connectivity index (χ1v) is 10.1. The fourth-order valence-corrected chi connectivity index (χ4v) is 3.33. The van der Waals surface area contributed by atoms with E-state index in [0.29, 0.717) is 12.6 Å². The maximum atomic E-state index is 5.44. The SMILES string of the molecule is CCNC(=NCC(C)N1CCOCC1)N(C)Cc1ncc(-c2ccccc2)[nH]1. The van der Waals surface area contributed by atoms with Crippen LogP contribution in [-0.2, 0) is 11.3 Å². The Hall–Kier alpha value is -2.38. The molecule has 7 heteroatoms. The molecule has 1 aromatic heterocycles. The van der Waals surface area contributed by atoms with Crippen molar-refractivity contribution in [2.75, 3.05) is 46.4 Å². The van der Waals surface area contributed by atoms with Gasteiger partial charge in [0.25, 0.3) is 0 Å². The zero-order valence-corrected chi connectivity index (χ0v) is 17.2. The molecule has 7 nitrogen and oxygen atoms in total. The third-order valence-electron chi connectivity index (χ3n) is 4.97. The van der Waals surface area contributed by atoms with E-state index in [1.807, 2.05) is 31.4 Å². The molecule has 3 rings (SSSR count). The highest BCUT2D eigenvalue weighted by Gasteiger charge is 2.17. The number of hydrogen-bond acceptors (Lipinski definition) is 4. The number of ether oxygens (including phenoxy) is 1. The van der Waals surface area contributed by atoms with Gasteiger partial charge in [-0.2, -0.15) is 0 Å². The highest BCUT2D eigenvalue weighted by molar-refractivity contribution is 5.79. The average Bonchev–Trinajstić information content (AvgIpc) is 3.20. The van der Waals surface area contributed by atoms with Crippen LogP contribution < -0.4 is 5.32 Å². The first-order chi connectivity index (χ1) is 13.7. The number of nitrogens with zero attached hydrogens (tertiary/aromatic N) is 4. The maximum Gasteiger partial charge on any atom is 0.194 e. The van der Waals surface area contributed by atoms with Crippen LogP contribution in [0.5, 0.6) is 0 Å². The number of aromatic amines is 1. The van der Waals surface area contributed by atoms with Crippen LogP contribution >= 0.6 is 0 Å². The molecule has 1 aromatic carbocycles. The van der Waals surface area contributed by atoms with Gasteiger partial charge in [0, 0.05) is 32.7 Å². The summed E-state index contributed by atoms with van der Waals surface area (Å²) in [6, 6.07) is 10.7. The molecule has 2 N–H and O–H groups in total. The predicted molar refractivity (Wildman–Crippen MR) is 113 cm³/mol. The standard InChI is InChI=1S/C21H32N6O/c1-4-22-21(24-14-17(2)27-10-12-28-13-11-27)26(3)16-20-23-15-19(25-20)18-8-6-5-7-9-18/h5-9,15,17H,4,10-14,16H2,1-3H3,(H,22,24)(H,23,25). The minimum absolute atomic E-state index is 0.402. The van der Waals surface area contributed by atoms with Gasteiger partial charge in [-0.25, -0.2) is 4.98 Å². The summed E-state index contributed by atoms with van der Waals surface area (Å²) in [4.78, 5) is 17.4. The molecule has 1 atom stereocenters. The number of rotatable bonds is 7. The van der Waals surface area contributed by atoms with Gasteiger partial charge in [-0.15, -0.1) is 0 Å². The van der Waals surface area contributed by atoms with E-state index in [0.717, 1.165) is 62.4 Å². The summed E-state index contributed by atoms with van der Waals surface area (Å²) in [6.45, 7) is 10.2. The van der Waals surface area contributed by atoms with Crippen LogP contribution in [0.2, 0.25) is 0 Å². The van der Waals surface area contributed by atoms with Gasteiger partial charge in [-0.1, -0.05) is 30.3 Å². The summed E-state index contributed by atoms with van der Waals surface area (Å²) in [5, 5.41) is 3.39. The van der Waals surface area contributed by atoms with E-state index in [2.05, 4.69) is 51.1 Å². The highest BCUT2D eigenvalue weighted by Crippen LogP contribution is 2.16. The number of morpholine rings is 1. The van der Waals surface area contributed by atoms with Crippen molar-refractivity contribution in [1.82, 2.24) is 25.1 Å². The molecule has 1 aliphatic heterocycles. The molecule has 0 amide bonds. The van der Waals surface area contributed by atoms with E-state index >= 15 is 0 Å². The Morgan fingerprint density at radius 3 is 2.79 bits per heavy atom. The fourth-order valence-electron chi connectivity index (χ4n) is 3.33. The molecule has 0 saturated carbocycles. The Morgan fingerprint density at radius 2 is 2.07 bits per heavy atom. The van der Waals surface area contributed by atoms with E-state index < -0.39 is 0 Å². The lowest BCUT2D eigenvalue weighted by molar-refractivity contribution is 0.0220. The molecule has 0 spiro atoms. The van der Waals surface area contributed by atoms with Gasteiger partial charge in [-0.3, -0.25) is 9.89 Å². The van der Waals surface area contributed by atoms with Crippen LogP contribution in [0.1, 0.15) is 19.7 Å². The normalized spacial score (nSPS) is 16.8. The summed E-state index contributed by atoms with van der Waals surface area (Å²) in [6.07, 6.45) is 1.89. The molecule has 152 valence electrons. The van der Waals surface area contributed by atoms with Crippen molar-refractivity contribution in [3.8, 4) is 11.3 Å². The minimum atomic E-state index is 0.402. The monoisotopic (exact) mass is 384 g/mol. The van der Waals surface area contributed by atoms with E-state index in [1.54, 1.807) is 0 Å². The predicted octanol–water partition coefficient (Wildman–Crippen LogP) is 2.19. The van der Waals surface area contributed by atoms with Crippen LogP contribution in [0.15, 0.2) is 41.5 Å². The van der Waals surface area contributed by atoms with Crippen molar-refractivity contribution in [2.24, 2.45) is 4.99 Å². The molecule has 1 saturated heterocycles. The van der Waals surface area contributed by atoms with Crippen molar-refractivity contribution in [3.05, 3.63) is 42.4 Å². The molecular formula is C21H32N6O. The van der Waals surface area contributed by atoms with Gasteiger partial charge in [-0.05, 0) is 19.4 Å². The van der Waals surface area contributed by atoms with Gasteiger partial charge in [0.05, 0.1) is 38.2 Å². The third kappa shape index (κ3) is 5.56. The number of aromatic nitrogens is 2. The van der Waals surface area contributed by atoms with Gasteiger partial charge in [0.2, 0.25) is 0 Å². The number of benzene rings is 1. The summed E-state index contributed by atoms with van der Waals surface area (Å²) < 4.78 is 5.44. The summed E-state index contributed by atoms with van der Waals surface area (Å²) in [7, 11) is 2.05. The highest BCUT2D eigenvalue weighted by atomic mass is 16.5. The van der Waals surface area contributed by atoms with Crippen LogP contribution in [0.3, 0.4) is 0 Å². The Morgan fingerprint density at radius 1 is 1.32 bits per heavy atom. The van der Waals surface area contributed by atoms with Crippen LogP contribution in [0.4, 0.5) is 0 Å². The maximum absolute atomic E-state index is 5.44. The molecule has 0 aliphatic carbocycles. The Balaban J connectivity index is 1.61. The quantitative estimate of drug-likeness (QED) is 0.566. The number of hydrogen-bond donors (Lipinski definition) is 2. The number of guanidine groups is 1. The Labute approximate surface area is 167 Å². The third-order valence-corrected chi connectivity index (χ3v) is 4.97. The fraction of sp³-hybridized carbons (Fsp3) is 0.524. The van der Waals surface area contributed by atoms with Crippen molar-refractivity contribution in [1.29, 1.82) is 0 Å².